The monoisotopic (exact) mass is 358 g/mol. The first-order valence-electron chi connectivity index (χ1n) is 7.47. The maximum absolute atomic E-state index is 12.4. The van der Waals surface area contributed by atoms with Gasteiger partial charge in [0, 0.05) is 11.9 Å². The number of carbonyl (C=O) groups excluding carboxylic acids is 3. The van der Waals surface area contributed by atoms with Gasteiger partial charge < -0.3 is 10.6 Å². The number of benzene rings is 1. The van der Waals surface area contributed by atoms with Gasteiger partial charge in [-0.05, 0) is 44.2 Å². The molecule has 8 heteroatoms. The molecule has 2 N–H and O–H groups in total. The Morgan fingerprint density at radius 3 is 2.60 bits per heavy atom. The maximum Gasteiger partial charge on any atom is 0.329 e. The minimum Gasteiger partial charge on any atom is -0.323 e. The van der Waals surface area contributed by atoms with Crippen LogP contribution in [-0.4, -0.2) is 28.4 Å². The first-order valence-corrected chi connectivity index (χ1v) is 7.85. The molecule has 0 bridgehead atoms. The van der Waals surface area contributed by atoms with Crippen LogP contribution in [-0.2, 0) is 4.79 Å². The lowest BCUT2D eigenvalue weighted by molar-refractivity contribution is -0.121. The van der Waals surface area contributed by atoms with Gasteiger partial charge in [0.1, 0.15) is 11.2 Å². The molecule has 25 heavy (non-hydrogen) atoms. The highest BCUT2D eigenvalue weighted by Gasteiger charge is 2.45. The van der Waals surface area contributed by atoms with E-state index in [4.69, 9.17) is 11.6 Å². The highest BCUT2D eigenvalue weighted by atomic mass is 35.5. The number of amides is 4. The van der Waals surface area contributed by atoms with E-state index in [1.807, 2.05) is 0 Å². The van der Waals surface area contributed by atoms with Crippen molar-refractivity contribution < 1.29 is 14.4 Å². The average Bonchev–Trinajstić information content (AvgIpc) is 2.76. The van der Waals surface area contributed by atoms with E-state index in [1.54, 1.807) is 44.2 Å². The lowest BCUT2D eigenvalue weighted by Gasteiger charge is -2.16. The number of carbonyl (C=O) groups is 3. The second-order valence-electron chi connectivity index (χ2n) is 6.06. The maximum atomic E-state index is 12.4. The predicted molar refractivity (Wildman–Crippen MR) is 93.7 cm³/mol. The number of hydrogen-bond donors (Lipinski definition) is 2. The second-order valence-corrected chi connectivity index (χ2v) is 6.50. The first-order chi connectivity index (χ1) is 11.8. The van der Waals surface area contributed by atoms with E-state index in [9.17, 15) is 14.4 Å². The summed E-state index contributed by atoms with van der Waals surface area (Å²) in [6, 6.07) is 9.03. The standard InChI is InChI=1S/C17H15ClN4O3/c1-17(2)15(24)22(16(25)21-17)12-5-3-4-11(8-12)20-14(23)13-7-6-10(18)9-19-13/h3-9H,1-2H3,(H,20,23)(H,21,25). The van der Waals surface area contributed by atoms with E-state index in [-0.39, 0.29) is 11.6 Å². The van der Waals surface area contributed by atoms with Gasteiger partial charge in [-0.1, -0.05) is 17.7 Å². The summed E-state index contributed by atoms with van der Waals surface area (Å²) < 4.78 is 0. The normalized spacial score (nSPS) is 15.9. The van der Waals surface area contributed by atoms with Crippen molar-refractivity contribution in [3.63, 3.8) is 0 Å². The molecule has 0 aliphatic carbocycles. The minimum absolute atomic E-state index is 0.200. The fourth-order valence-corrected chi connectivity index (χ4v) is 2.52. The van der Waals surface area contributed by atoms with Gasteiger partial charge in [-0.2, -0.15) is 0 Å². The molecule has 0 radical (unpaired) electrons. The van der Waals surface area contributed by atoms with Crippen molar-refractivity contribution in [1.82, 2.24) is 10.3 Å². The highest BCUT2D eigenvalue weighted by Crippen LogP contribution is 2.26. The van der Waals surface area contributed by atoms with Crippen LogP contribution >= 0.6 is 11.6 Å². The van der Waals surface area contributed by atoms with Gasteiger partial charge in [-0.25, -0.2) is 14.7 Å². The number of imide groups is 1. The smallest absolute Gasteiger partial charge is 0.323 e. The molecule has 1 aromatic heterocycles. The molecule has 2 aromatic rings. The molecule has 0 saturated carbocycles. The number of halogens is 1. The highest BCUT2D eigenvalue weighted by molar-refractivity contribution is 6.30. The Morgan fingerprint density at radius 1 is 1.24 bits per heavy atom. The summed E-state index contributed by atoms with van der Waals surface area (Å²) in [5, 5.41) is 5.72. The molecule has 4 amide bonds. The summed E-state index contributed by atoms with van der Waals surface area (Å²) in [5.74, 6) is -0.785. The number of nitrogens with zero attached hydrogens (tertiary/aromatic N) is 2. The van der Waals surface area contributed by atoms with Crippen LogP contribution in [0, 0.1) is 0 Å². The van der Waals surface area contributed by atoms with Crippen molar-refractivity contribution in [2.24, 2.45) is 0 Å². The van der Waals surface area contributed by atoms with Crippen LogP contribution < -0.4 is 15.5 Å². The molecule has 2 heterocycles. The lowest BCUT2D eigenvalue weighted by atomic mass is 10.1. The van der Waals surface area contributed by atoms with Crippen molar-refractivity contribution in [3.8, 4) is 0 Å². The van der Waals surface area contributed by atoms with Gasteiger partial charge in [-0.3, -0.25) is 9.59 Å². The molecule has 1 aliphatic heterocycles. The van der Waals surface area contributed by atoms with Crippen LogP contribution in [0.25, 0.3) is 0 Å². The fourth-order valence-electron chi connectivity index (χ4n) is 2.41. The number of anilines is 2. The van der Waals surface area contributed by atoms with Crippen LogP contribution in [0.5, 0.6) is 0 Å². The van der Waals surface area contributed by atoms with E-state index >= 15 is 0 Å². The number of nitrogens with one attached hydrogen (secondary N) is 2. The van der Waals surface area contributed by atoms with Gasteiger partial charge in [0.2, 0.25) is 0 Å². The average molecular weight is 359 g/mol. The van der Waals surface area contributed by atoms with Crippen LogP contribution in [0.2, 0.25) is 5.02 Å². The Kier molecular flexibility index (Phi) is 4.18. The van der Waals surface area contributed by atoms with Crippen LogP contribution in [0.4, 0.5) is 16.2 Å². The van der Waals surface area contributed by atoms with Gasteiger partial charge >= 0.3 is 6.03 Å². The third-order valence-electron chi connectivity index (χ3n) is 3.68. The Morgan fingerprint density at radius 2 is 2.00 bits per heavy atom. The number of aromatic nitrogens is 1. The summed E-state index contributed by atoms with van der Waals surface area (Å²) in [6.07, 6.45) is 1.38. The number of urea groups is 1. The van der Waals surface area contributed by atoms with Crippen molar-refractivity contribution in [1.29, 1.82) is 0 Å². The topological polar surface area (TPSA) is 91.4 Å². The Balaban J connectivity index is 1.82. The van der Waals surface area contributed by atoms with E-state index in [1.165, 1.54) is 12.3 Å². The summed E-state index contributed by atoms with van der Waals surface area (Å²) in [7, 11) is 0. The van der Waals surface area contributed by atoms with Gasteiger partial charge in [0.05, 0.1) is 10.7 Å². The van der Waals surface area contributed by atoms with E-state index < -0.39 is 17.5 Å². The predicted octanol–water partition coefficient (Wildman–Crippen LogP) is 2.82. The van der Waals surface area contributed by atoms with Gasteiger partial charge in [-0.15, -0.1) is 0 Å². The second kappa shape index (κ2) is 6.18. The van der Waals surface area contributed by atoms with Crippen LogP contribution in [0.1, 0.15) is 24.3 Å². The molecule has 128 valence electrons. The number of rotatable bonds is 3. The van der Waals surface area contributed by atoms with Gasteiger partial charge in [0.15, 0.2) is 0 Å². The van der Waals surface area contributed by atoms with Crippen molar-refractivity contribution in [2.45, 2.75) is 19.4 Å². The molecule has 0 spiro atoms. The van der Waals surface area contributed by atoms with Crippen LogP contribution in [0.15, 0.2) is 42.6 Å². The Bertz CT molecular complexity index is 864. The summed E-state index contributed by atoms with van der Waals surface area (Å²) in [6.45, 7) is 3.26. The van der Waals surface area contributed by atoms with Crippen LogP contribution in [0.3, 0.4) is 0 Å². The minimum atomic E-state index is -0.969. The van der Waals surface area contributed by atoms with E-state index in [0.717, 1.165) is 4.90 Å². The lowest BCUT2D eigenvalue weighted by Crippen LogP contribution is -2.40. The Hall–Kier alpha value is -2.93. The fraction of sp³-hybridized carbons (Fsp3) is 0.176. The quantitative estimate of drug-likeness (QED) is 0.825. The zero-order valence-electron chi connectivity index (χ0n) is 13.5. The van der Waals surface area contributed by atoms with Gasteiger partial charge in [0.25, 0.3) is 11.8 Å². The molecule has 1 fully saturated rings. The number of hydrogen-bond acceptors (Lipinski definition) is 4. The third kappa shape index (κ3) is 3.32. The van der Waals surface area contributed by atoms with E-state index in [2.05, 4.69) is 15.6 Å². The molecule has 0 unspecified atom stereocenters. The summed E-state index contributed by atoms with van der Waals surface area (Å²) >= 11 is 5.75. The SMILES string of the molecule is CC1(C)NC(=O)N(c2cccc(NC(=O)c3ccc(Cl)cn3)c2)C1=O. The summed E-state index contributed by atoms with van der Waals surface area (Å²) in [5.41, 5.74) is 0.0363. The van der Waals surface area contributed by atoms with Crippen molar-refractivity contribution >= 4 is 40.8 Å². The molecule has 0 atom stereocenters. The molecule has 1 saturated heterocycles. The van der Waals surface area contributed by atoms with Crippen molar-refractivity contribution in [2.75, 3.05) is 10.2 Å². The third-order valence-corrected chi connectivity index (χ3v) is 3.91. The van der Waals surface area contributed by atoms with Crippen molar-refractivity contribution in [3.05, 3.63) is 53.3 Å². The molecule has 7 nitrogen and oxygen atoms in total. The van der Waals surface area contributed by atoms with E-state index in [0.29, 0.717) is 16.4 Å². The zero-order valence-corrected chi connectivity index (χ0v) is 14.3. The summed E-state index contributed by atoms with van der Waals surface area (Å²) in [4.78, 5) is 41.6. The molecular formula is C17H15ClN4O3. The molecule has 3 rings (SSSR count). The molecule has 1 aromatic carbocycles. The Labute approximate surface area is 149 Å². The molecule has 1 aliphatic rings. The first kappa shape index (κ1) is 16.9. The molecular weight excluding hydrogens is 344 g/mol. The number of pyridine rings is 1. The largest absolute Gasteiger partial charge is 0.329 e. The zero-order chi connectivity index (χ0) is 18.2.